The van der Waals surface area contributed by atoms with Gasteiger partial charge in [-0.3, -0.25) is 0 Å². The summed E-state index contributed by atoms with van der Waals surface area (Å²) in [6.45, 7) is 6.16. The molecule has 0 fully saturated rings. The molecule has 1 aromatic heterocycles. The Hall–Kier alpha value is -1.35. The summed E-state index contributed by atoms with van der Waals surface area (Å²) in [4.78, 5) is 4.43. The van der Waals surface area contributed by atoms with E-state index in [0.29, 0.717) is 5.92 Å². The summed E-state index contributed by atoms with van der Waals surface area (Å²) in [6, 6.07) is 6.28. The van der Waals surface area contributed by atoms with Crippen molar-refractivity contribution in [3.8, 4) is 0 Å². The highest BCUT2D eigenvalue weighted by molar-refractivity contribution is 5.73. The van der Waals surface area contributed by atoms with Crippen LogP contribution in [0.1, 0.15) is 38.1 Å². The van der Waals surface area contributed by atoms with Crippen molar-refractivity contribution in [3.63, 3.8) is 0 Å². The van der Waals surface area contributed by atoms with Gasteiger partial charge in [-0.25, -0.2) is 4.98 Å². The van der Waals surface area contributed by atoms with Crippen molar-refractivity contribution >= 4 is 11.1 Å². The highest BCUT2D eigenvalue weighted by atomic mass is 16.3. The van der Waals surface area contributed by atoms with Crippen LogP contribution in [0.3, 0.4) is 0 Å². The Kier molecular flexibility index (Phi) is 2.97. The quantitative estimate of drug-likeness (QED) is 0.861. The summed E-state index contributed by atoms with van der Waals surface area (Å²) in [7, 11) is 0. The van der Waals surface area contributed by atoms with E-state index in [9.17, 15) is 0 Å². The van der Waals surface area contributed by atoms with Gasteiger partial charge in [0.1, 0.15) is 5.52 Å². The third kappa shape index (κ3) is 2.25. The maximum atomic E-state index is 5.78. The monoisotopic (exact) mass is 218 g/mol. The lowest BCUT2D eigenvalue weighted by Crippen LogP contribution is -2.17. The van der Waals surface area contributed by atoms with E-state index in [1.165, 1.54) is 5.56 Å². The minimum Gasteiger partial charge on any atom is -0.440 e. The molecule has 0 bridgehead atoms. The van der Waals surface area contributed by atoms with E-state index in [1.54, 1.807) is 0 Å². The molecule has 16 heavy (non-hydrogen) atoms. The van der Waals surface area contributed by atoms with Crippen molar-refractivity contribution < 1.29 is 4.42 Å². The van der Waals surface area contributed by atoms with Gasteiger partial charge in [-0.05, 0) is 31.0 Å². The number of nitrogens with two attached hydrogens (primary N) is 1. The highest BCUT2D eigenvalue weighted by Crippen LogP contribution is 2.22. The molecule has 0 amide bonds. The van der Waals surface area contributed by atoms with Crippen LogP contribution in [-0.4, -0.2) is 11.0 Å². The molecular formula is C13H18N2O. The number of oxazole rings is 1. The second-order valence-corrected chi connectivity index (χ2v) is 4.69. The van der Waals surface area contributed by atoms with Crippen LogP contribution in [0.5, 0.6) is 0 Å². The van der Waals surface area contributed by atoms with Crippen LogP contribution in [0.25, 0.3) is 11.1 Å². The van der Waals surface area contributed by atoms with Crippen LogP contribution >= 0.6 is 0 Å². The van der Waals surface area contributed by atoms with Crippen molar-refractivity contribution in [1.82, 2.24) is 4.98 Å². The van der Waals surface area contributed by atoms with Gasteiger partial charge < -0.3 is 10.2 Å². The first-order valence-corrected chi connectivity index (χ1v) is 5.71. The molecule has 86 valence electrons. The summed E-state index contributed by atoms with van der Waals surface area (Å²) in [5.41, 5.74) is 8.77. The SMILES string of the molecule is CC(N)Cc1ccc2nc(C(C)C)oc2c1. The molecule has 3 nitrogen and oxygen atoms in total. The Morgan fingerprint density at radius 1 is 1.31 bits per heavy atom. The molecule has 0 aliphatic heterocycles. The third-order valence-electron chi connectivity index (χ3n) is 2.52. The predicted octanol–water partition coefficient (Wildman–Crippen LogP) is 2.84. The van der Waals surface area contributed by atoms with Crippen molar-refractivity contribution in [2.75, 3.05) is 0 Å². The number of aromatic nitrogens is 1. The van der Waals surface area contributed by atoms with Crippen molar-refractivity contribution in [2.45, 2.75) is 39.2 Å². The van der Waals surface area contributed by atoms with Crippen LogP contribution in [-0.2, 0) is 6.42 Å². The van der Waals surface area contributed by atoms with E-state index in [1.807, 2.05) is 19.1 Å². The highest BCUT2D eigenvalue weighted by Gasteiger charge is 2.09. The van der Waals surface area contributed by atoms with Gasteiger partial charge in [0.2, 0.25) is 0 Å². The molecule has 0 spiro atoms. The van der Waals surface area contributed by atoms with E-state index in [2.05, 4.69) is 24.9 Å². The lowest BCUT2D eigenvalue weighted by atomic mass is 10.1. The molecule has 0 radical (unpaired) electrons. The molecule has 0 saturated heterocycles. The van der Waals surface area contributed by atoms with Crippen molar-refractivity contribution in [1.29, 1.82) is 0 Å². The summed E-state index contributed by atoms with van der Waals surface area (Å²) in [5, 5.41) is 0. The molecule has 3 heteroatoms. The van der Waals surface area contributed by atoms with Gasteiger partial charge in [-0.2, -0.15) is 0 Å². The normalized spacial score (nSPS) is 13.6. The lowest BCUT2D eigenvalue weighted by Gasteiger charge is -2.03. The molecule has 0 aliphatic carbocycles. The molecular weight excluding hydrogens is 200 g/mol. The lowest BCUT2D eigenvalue weighted by molar-refractivity contribution is 0.501. The molecule has 1 unspecified atom stereocenters. The van der Waals surface area contributed by atoms with Gasteiger partial charge in [0.15, 0.2) is 11.5 Å². The van der Waals surface area contributed by atoms with Gasteiger partial charge in [0, 0.05) is 12.0 Å². The van der Waals surface area contributed by atoms with Gasteiger partial charge in [0.05, 0.1) is 0 Å². The van der Waals surface area contributed by atoms with Gasteiger partial charge in [-0.1, -0.05) is 19.9 Å². The number of nitrogens with zero attached hydrogens (tertiary/aromatic N) is 1. The second-order valence-electron chi connectivity index (χ2n) is 4.69. The van der Waals surface area contributed by atoms with Gasteiger partial charge >= 0.3 is 0 Å². The van der Waals surface area contributed by atoms with Crippen LogP contribution in [0, 0.1) is 0 Å². The average Bonchev–Trinajstić information content (AvgIpc) is 2.59. The summed E-state index contributed by atoms with van der Waals surface area (Å²) in [6.07, 6.45) is 0.869. The topological polar surface area (TPSA) is 52.0 Å². The zero-order chi connectivity index (χ0) is 11.7. The fourth-order valence-corrected chi connectivity index (χ4v) is 1.73. The molecule has 0 saturated carbocycles. The molecule has 2 N–H and O–H groups in total. The molecule has 1 heterocycles. The minimum atomic E-state index is 0.171. The minimum absolute atomic E-state index is 0.171. The van der Waals surface area contributed by atoms with Crippen molar-refractivity contribution in [3.05, 3.63) is 29.7 Å². The third-order valence-corrected chi connectivity index (χ3v) is 2.52. The first-order chi connectivity index (χ1) is 7.56. The largest absolute Gasteiger partial charge is 0.440 e. The number of rotatable bonds is 3. The summed E-state index contributed by atoms with van der Waals surface area (Å²) in [5.74, 6) is 1.12. The maximum absolute atomic E-state index is 5.78. The summed E-state index contributed by atoms with van der Waals surface area (Å²) < 4.78 is 5.70. The van der Waals surface area contributed by atoms with E-state index in [0.717, 1.165) is 23.4 Å². The zero-order valence-corrected chi connectivity index (χ0v) is 10.0. The number of fused-ring (bicyclic) bond motifs is 1. The Morgan fingerprint density at radius 2 is 2.06 bits per heavy atom. The van der Waals surface area contributed by atoms with E-state index in [-0.39, 0.29) is 6.04 Å². The van der Waals surface area contributed by atoms with Crippen LogP contribution in [0.15, 0.2) is 22.6 Å². The number of hydrogen-bond donors (Lipinski definition) is 1. The Morgan fingerprint density at radius 3 is 2.69 bits per heavy atom. The fourth-order valence-electron chi connectivity index (χ4n) is 1.73. The molecule has 1 aromatic carbocycles. The van der Waals surface area contributed by atoms with Crippen LogP contribution < -0.4 is 5.73 Å². The fraction of sp³-hybridized carbons (Fsp3) is 0.462. The standard InChI is InChI=1S/C13H18N2O/c1-8(2)13-15-11-5-4-10(6-9(3)14)7-12(11)16-13/h4-5,7-9H,6,14H2,1-3H3. The summed E-state index contributed by atoms with van der Waals surface area (Å²) >= 11 is 0. The number of hydrogen-bond acceptors (Lipinski definition) is 3. The zero-order valence-electron chi connectivity index (χ0n) is 10.0. The van der Waals surface area contributed by atoms with E-state index < -0.39 is 0 Å². The predicted molar refractivity (Wildman–Crippen MR) is 65.5 cm³/mol. The maximum Gasteiger partial charge on any atom is 0.198 e. The molecule has 2 aromatic rings. The Labute approximate surface area is 95.7 Å². The van der Waals surface area contributed by atoms with Crippen LogP contribution in [0.2, 0.25) is 0 Å². The van der Waals surface area contributed by atoms with Crippen molar-refractivity contribution in [2.24, 2.45) is 5.73 Å². The smallest absolute Gasteiger partial charge is 0.198 e. The molecule has 1 atom stereocenters. The average molecular weight is 218 g/mol. The number of benzene rings is 1. The van der Waals surface area contributed by atoms with Gasteiger partial charge in [-0.15, -0.1) is 0 Å². The first-order valence-electron chi connectivity index (χ1n) is 5.71. The van der Waals surface area contributed by atoms with E-state index in [4.69, 9.17) is 10.2 Å². The van der Waals surface area contributed by atoms with Gasteiger partial charge in [0.25, 0.3) is 0 Å². The molecule has 0 aliphatic rings. The van der Waals surface area contributed by atoms with Crippen LogP contribution in [0.4, 0.5) is 0 Å². The Bertz CT molecular complexity index is 486. The Balaban J connectivity index is 2.38. The second kappa shape index (κ2) is 4.26. The van der Waals surface area contributed by atoms with E-state index >= 15 is 0 Å². The molecule has 2 rings (SSSR count). The first kappa shape index (κ1) is 11.1.